The van der Waals surface area contributed by atoms with Gasteiger partial charge in [-0.15, -0.1) is 0 Å². The average molecular weight is 280 g/mol. The summed E-state index contributed by atoms with van der Waals surface area (Å²) in [4.78, 5) is 0. The zero-order valence-corrected chi connectivity index (χ0v) is 13.4. The molecule has 0 fully saturated rings. The standard InChI is InChI=1S/C20H24O/c1-14(2)17-10-15(13-20(3,4)5)11-18(12-17)16-6-8-19(21)9-7-16/h6-12,21H,1,13H2,2-5H3. The van der Waals surface area contributed by atoms with Crippen molar-refractivity contribution in [1.82, 2.24) is 0 Å². The van der Waals surface area contributed by atoms with Crippen LogP contribution >= 0.6 is 0 Å². The lowest BCUT2D eigenvalue weighted by molar-refractivity contribution is 0.411. The van der Waals surface area contributed by atoms with E-state index in [1.807, 2.05) is 19.1 Å². The number of phenolic OH excluding ortho intramolecular Hbond substituents is 1. The van der Waals surface area contributed by atoms with Crippen LogP contribution < -0.4 is 0 Å². The van der Waals surface area contributed by atoms with Crippen molar-refractivity contribution < 1.29 is 5.11 Å². The molecule has 0 saturated heterocycles. The number of hydrogen-bond donors (Lipinski definition) is 1. The van der Waals surface area contributed by atoms with Crippen LogP contribution in [0.2, 0.25) is 0 Å². The van der Waals surface area contributed by atoms with Crippen molar-refractivity contribution in [3.05, 3.63) is 60.2 Å². The molecule has 1 nitrogen and oxygen atoms in total. The Kier molecular flexibility index (Phi) is 4.22. The Hall–Kier alpha value is -2.02. The summed E-state index contributed by atoms with van der Waals surface area (Å²) in [5.74, 6) is 0.296. The Morgan fingerprint density at radius 1 is 1.00 bits per heavy atom. The zero-order chi connectivity index (χ0) is 15.6. The summed E-state index contributed by atoms with van der Waals surface area (Å²) >= 11 is 0. The van der Waals surface area contributed by atoms with Gasteiger partial charge in [-0.3, -0.25) is 0 Å². The third-order valence-electron chi connectivity index (χ3n) is 3.42. The van der Waals surface area contributed by atoms with Crippen molar-refractivity contribution in [2.75, 3.05) is 0 Å². The average Bonchev–Trinajstić information content (AvgIpc) is 2.37. The summed E-state index contributed by atoms with van der Waals surface area (Å²) in [7, 11) is 0. The predicted molar refractivity (Wildman–Crippen MR) is 91.4 cm³/mol. The molecule has 0 aromatic heterocycles. The van der Waals surface area contributed by atoms with Gasteiger partial charge in [-0.1, -0.05) is 57.2 Å². The van der Waals surface area contributed by atoms with Crippen molar-refractivity contribution in [3.8, 4) is 16.9 Å². The van der Waals surface area contributed by atoms with Crippen LogP contribution in [0.1, 0.15) is 38.8 Å². The van der Waals surface area contributed by atoms with E-state index in [9.17, 15) is 5.11 Å². The third-order valence-corrected chi connectivity index (χ3v) is 3.42. The quantitative estimate of drug-likeness (QED) is 0.766. The summed E-state index contributed by atoms with van der Waals surface area (Å²) in [6.07, 6.45) is 1.03. The molecule has 0 unspecified atom stereocenters. The maximum absolute atomic E-state index is 9.44. The number of hydrogen-bond acceptors (Lipinski definition) is 1. The summed E-state index contributed by atoms with van der Waals surface area (Å²) < 4.78 is 0. The molecule has 2 aromatic rings. The van der Waals surface area contributed by atoms with E-state index in [-0.39, 0.29) is 5.41 Å². The normalized spacial score (nSPS) is 11.4. The van der Waals surface area contributed by atoms with Crippen LogP contribution in [0.25, 0.3) is 16.7 Å². The van der Waals surface area contributed by atoms with Crippen molar-refractivity contribution in [2.24, 2.45) is 5.41 Å². The molecule has 1 N–H and O–H groups in total. The minimum Gasteiger partial charge on any atom is -0.508 e. The van der Waals surface area contributed by atoms with Crippen LogP contribution in [-0.2, 0) is 6.42 Å². The molecular formula is C20H24O. The van der Waals surface area contributed by atoms with Gasteiger partial charge in [0.05, 0.1) is 0 Å². The fourth-order valence-electron chi connectivity index (χ4n) is 2.47. The minimum absolute atomic E-state index is 0.250. The molecule has 110 valence electrons. The Labute approximate surface area is 128 Å². The van der Waals surface area contributed by atoms with Gasteiger partial charge in [0.15, 0.2) is 0 Å². The van der Waals surface area contributed by atoms with Gasteiger partial charge in [0.25, 0.3) is 0 Å². The van der Waals surface area contributed by atoms with Crippen LogP contribution in [0.5, 0.6) is 5.75 Å². The highest BCUT2D eigenvalue weighted by atomic mass is 16.3. The fraction of sp³-hybridized carbons (Fsp3) is 0.300. The molecule has 0 aliphatic carbocycles. The Morgan fingerprint density at radius 3 is 2.14 bits per heavy atom. The number of benzene rings is 2. The van der Waals surface area contributed by atoms with Gasteiger partial charge in [0.1, 0.15) is 5.75 Å². The number of phenols is 1. The molecular weight excluding hydrogens is 256 g/mol. The van der Waals surface area contributed by atoms with Crippen molar-refractivity contribution >= 4 is 5.57 Å². The van der Waals surface area contributed by atoms with E-state index < -0.39 is 0 Å². The van der Waals surface area contributed by atoms with Crippen LogP contribution in [-0.4, -0.2) is 5.11 Å². The summed E-state index contributed by atoms with van der Waals surface area (Å²) in [5.41, 5.74) is 6.12. The maximum atomic E-state index is 9.44. The van der Waals surface area contributed by atoms with E-state index in [0.717, 1.165) is 17.6 Å². The van der Waals surface area contributed by atoms with Gasteiger partial charge in [-0.2, -0.15) is 0 Å². The van der Waals surface area contributed by atoms with Gasteiger partial charge >= 0.3 is 0 Å². The van der Waals surface area contributed by atoms with Crippen LogP contribution in [0.3, 0.4) is 0 Å². The fourth-order valence-corrected chi connectivity index (χ4v) is 2.47. The topological polar surface area (TPSA) is 20.2 Å². The van der Waals surface area contributed by atoms with Gasteiger partial charge < -0.3 is 5.11 Å². The summed E-state index contributed by atoms with van der Waals surface area (Å²) in [6.45, 7) is 12.9. The van der Waals surface area contributed by atoms with Gasteiger partial charge in [-0.05, 0) is 59.2 Å². The third kappa shape index (κ3) is 4.22. The molecule has 2 rings (SSSR count). The van der Waals surface area contributed by atoms with Crippen LogP contribution in [0.15, 0.2) is 49.0 Å². The van der Waals surface area contributed by atoms with E-state index in [4.69, 9.17) is 0 Å². The second-order valence-corrected chi connectivity index (χ2v) is 6.98. The largest absolute Gasteiger partial charge is 0.508 e. The Balaban J connectivity index is 2.49. The molecule has 0 aliphatic heterocycles. The molecule has 0 spiro atoms. The van der Waals surface area contributed by atoms with Crippen molar-refractivity contribution in [3.63, 3.8) is 0 Å². The molecule has 0 aliphatic rings. The predicted octanol–water partition coefficient (Wildman–Crippen LogP) is 5.68. The smallest absolute Gasteiger partial charge is 0.115 e. The van der Waals surface area contributed by atoms with Crippen LogP contribution in [0.4, 0.5) is 0 Å². The second kappa shape index (κ2) is 5.77. The first-order valence-corrected chi connectivity index (χ1v) is 7.34. The van der Waals surface area contributed by atoms with E-state index in [1.165, 1.54) is 16.7 Å². The zero-order valence-electron chi connectivity index (χ0n) is 13.4. The first-order chi connectivity index (χ1) is 9.74. The van der Waals surface area contributed by atoms with Crippen LogP contribution in [0, 0.1) is 5.41 Å². The monoisotopic (exact) mass is 280 g/mol. The van der Waals surface area contributed by atoms with Crippen molar-refractivity contribution in [2.45, 2.75) is 34.1 Å². The first kappa shape index (κ1) is 15.4. The minimum atomic E-state index is 0.250. The lowest BCUT2D eigenvalue weighted by Crippen LogP contribution is -2.09. The molecule has 0 radical (unpaired) electrons. The van der Waals surface area contributed by atoms with Crippen molar-refractivity contribution in [1.29, 1.82) is 0 Å². The van der Waals surface area contributed by atoms with Gasteiger partial charge in [-0.25, -0.2) is 0 Å². The molecule has 2 aromatic carbocycles. The van der Waals surface area contributed by atoms with E-state index >= 15 is 0 Å². The van der Waals surface area contributed by atoms with E-state index in [1.54, 1.807) is 12.1 Å². The second-order valence-electron chi connectivity index (χ2n) is 6.98. The molecule has 0 bridgehead atoms. The van der Waals surface area contributed by atoms with E-state index in [2.05, 4.69) is 45.5 Å². The first-order valence-electron chi connectivity index (χ1n) is 7.34. The summed E-state index contributed by atoms with van der Waals surface area (Å²) in [6, 6.07) is 14.0. The lowest BCUT2D eigenvalue weighted by atomic mass is 9.86. The van der Waals surface area contributed by atoms with Gasteiger partial charge in [0, 0.05) is 0 Å². The molecule has 0 heterocycles. The molecule has 1 heteroatoms. The Morgan fingerprint density at radius 2 is 1.62 bits per heavy atom. The lowest BCUT2D eigenvalue weighted by Gasteiger charge is -2.20. The van der Waals surface area contributed by atoms with E-state index in [0.29, 0.717) is 5.75 Å². The molecule has 21 heavy (non-hydrogen) atoms. The number of rotatable bonds is 3. The highest BCUT2D eigenvalue weighted by molar-refractivity contribution is 5.72. The molecule has 0 atom stereocenters. The highest BCUT2D eigenvalue weighted by Crippen LogP contribution is 2.29. The van der Waals surface area contributed by atoms with Gasteiger partial charge in [0.2, 0.25) is 0 Å². The highest BCUT2D eigenvalue weighted by Gasteiger charge is 2.13. The number of aromatic hydroxyl groups is 1. The SMILES string of the molecule is C=C(C)c1cc(CC(C)(C)C)cc(-c2ccc(O)cc2)c1. The maximum Gasteiger partial charge on any atom is 0.115 e. The molecule has 0 saturated carbocycles. The Bertz CT molecular complexity index is 643. The molecule has 0 amide bonds. The number of allylic oxidation sites excluding steroid dienone is 1. The summed E-state index contributed by atoms with van der Waals surface area (Å²) in [5, 5.41) is 9.44.